The molecule has 1 atom stereocenters. The Labute approximate surface area is 185 Å². The molecule has 3 N–H and O–H groups in total. The highest BCUT2D eigenvalue weighted by atomic mass is 35.5. The highest BCUT2D eigenvalue weighted by molar-refractivity contribution is 6.31. The number of amides is 2. The van der Waals surface area contributed by atoms with Gasteiger partial charge in [-0.05, 0) is 62.3 Å². The van der Waals surface area contributed by atoms with Crippen LogP contribution >= 0.6 is 11.6 Å². The van der Waals surface area contributed by atoms with Crippen LogP contribution in [0.2, 0.25) is 5.02 Å². The molecule has 1 aromatic rings. The molecule has 1 aliphatic carbocycles. The number of piperidine rings is 1. The van der Waals surface area contributed by atoms with E-state index in [1.165, 1.54) is 6.42 Å². The molecule has 3 rings (SSSR count). The molecule has 7 heteroatoms. The lowest BCUT2D eigenvalue weighted by Gasteiger charge is -2.46. The second-order valence-electron chi connectivity index (χ2n) is 8.20. The van der Waals surface area contributed by atoms with Crippen LogP contribution in [0.5, 0.6) is 0 Å². The molecule has 0 radical (unpaired) electrons. The third kappa shape index (κ3) is 5.55. The minimum Gasteiger partial charge on any atom is -0.355 e. The Hall–Kier alpha value is -2.05. The van der Waals surface area contributed by atoms with Crippen molar-refractivity contribution in [3.63, 3.8) is 0 Å². The zero-order valence-corrected chi connectivity index (χ0v) is 18.9. The zero-order chi connectivity index (χ0) is 21.5. The first-order chi connectivity index (χ1) is 14.5. The average molecular weight is 432 g/mol. The molecule has 0 aromatic heterocycles. The van der Waals surface area contributed by atoms with E-state index in [0.717, 1.165) is 60.8 Å². The van der Waals surface area contributed by atoms with Gasteiger partial charge in [0.2, 0.25) is 0 Å². The number of rotatable bonds is 6. The number of carbonyl (C=O) groups is 1. The quantitative estimate of drug-likeness (QED) is 0.532. The number of likely N-dealkylation sites (tertiary alicyclic amines) is 1. The minimum absolute atomic E-state index is 0.0339. The van der Waals surface area contributed by atoms with E-state index in [-0.39, 0.29) is 12.1 Å². The first-order valence-corrected chi connectivity index (χ1v) is 11.3. The van der Waals surface area contributed by atoms with Gasteiger partial charge in [0.05, 0.1) is 6.04 Å². The number of hydrogen-bond acceptors (Lipinski definition) is 3. The fourth-order valence-corrected chi connectivity index (χ4v) is 4.38. The molecule has 0 spiro atoms. The largest absolute Gasteiger partial charge is 0.355 e. The van der Waals surface area contributed by atoms with E-state index in [9.17, 15) is 4.79 Å². The summed E-state index contributed by atoms with van der Waals surface area (Å²) < 4.78 is 0. The van der Waals surface area contributed by atoms with E-state index in [4.69, 9.17) is 17.3 Å². The molecule has 2 aliphatic rings. The van der Waals surface area contributed by atoms with E-state index >= 15 is 0 Å². The predicted molar refractivity (Wildman–Crippen MR) is 124 cm³/mol. The van der Waals surface area contributed by atoms with E-state index in [1.807, 2.05) is 44.3 Å². The van der Waals surface area contributed by atoms with Crippen LogP contribution < -0.4 is 11.1 Å². The van der Waals surface area contributed by atoms with Gasteiger partial charge < -0.3 is 20.9 Å². The van der Waals surface area contributed by atoms with Crippen LogP contribution in [-0.2, 0) is 6.54 Å². The molecule has 1 saturated carbocycles. The van der Waals surface area contributed by atoms with E-state index in [2.05, 4.69) is 20.1 Å². The normalized spacial score (nSPS) is 20.3. The Kier molecular flexibility index (Phi) is 8.16. The third-order valence-corrected chi connectivity index (χ3v) is 6.54. The van der Waals surface area contributed by atoms with Crippen molar-refractivity contribution in [2.24, 2.45) is 10.7 Å². The molecule has 2 fully saturated rings. The summed E-state index contributed by atoms with van der Waals surface area (Å²) in [5.74, 6) is 0.941. The number of amidine groups is 1. The molecule has 0 bridgehead atoms. The predicted octanol–water partition coefficient (Wildman–Crippen LogP) is 3.72. The lowest BCUT2D eigenvalue weighted by molar-refractivity contribution is 0.0766. The van der Waals surface area contributed by atoms with Crippen molar-refractivity contribution in [2.45, 2.75) is 57.7 Å². The van der Waals surface area contributed by atoms with E-state index in [1.54, 1.807) is 0 Å². The number of aliphatic imine (C=N–C) groups is 1. The Morgan fingerprint density at radius 1 is 1.33 bits per heavy atom. The number of nitrogens with zero attached hydrogens (tertiary/aromatic N) is 3. The molecule has 164 valence electrons. The number of hydrogen-bond donors (Lipinski definition) is 2. The van der Waals surface area contributed by atoms with Crippen LogP contribution in [0, 0.1) is 6.92 Å². The maximum atomic E-state index is 13.2. The maximum Gasteiger partial charge on any atom is 0.318 e. The molecule has 30 heavy (non-hydrogen) atoms. The Morgan fingerprint density at radius 3 is 2.73 bits per heavy atom. The summed E-state index contributed by atoms with van der Waals surface area (Å²) in [7, 11) is 1.81. The van der Waals surface area contributed by atoms with Crippen molar-refractivity contribution < 1.29 is 4.79 Å². The average Bonchev–Trinajstić information content (AvgIpc) is 2.72. The summed E-state index contributed by atoms with van der Waals surface area (Å²) in [6, 6.07) is 6.46. The Balaban J connectivity index is 1.67. The number of benzene rings is 1. The molecule has 1 aliphatic heterocycles. The fraction of sp³-hybridized carbons (Fsp3) is 0.565. The summed E-state index contributed by atoms with van der Waals surface area (Å²) in [4.78, 5) is 22.0. The van der Waals surface area contributed by atoms with Crippen LogP contribution in [0.15, 0.2) is 35.3 Å². The highest BCUT2D eigenvalue weighted by Crippen LogP contribution is 2.30. The lowest BCUT2D eigenvalue weighted by Crippen LogP contribution is -2.58. The van der Waals surface area contributed by atoms with Crippen molar-refractivity contribution in [3.05, 3.63) is 46.5 Å². The van der Waals surface area contributed by atoms with Crippen molar-refractivity contribution >= 4 is 23.5 Å². The van der Waals surface area contributed by atoms with Crippen LogP contribution in [0.4, 0.5) is 4.79 Å². The van der Waals surface area contributed by atoms with E-state index < -0.39 is 0 Å². The van der Waals surface area contributed by atoms with Crippen molar-refractivity contribution in [3.8, 4) is 0 Å². The van der Waals surface area contributed by atoms with Crippen molar-refractivity contribution in [1.82, 2.24) is 15.1 Å². The summed E-state index contributed by atoms with van der Waals surface area (Å²) in [5.41, 5.74) is 7.70. The standard InChI is InChI=1S/C23H34ClN5O/c1-17-14-18(10-11-21(17)24)15-27-23(30)29(19-6-3-7-19)20-8-5-13-28(16-20)22(26-2)9-4-12-25/h4,9-11,14,19-20H,3,5-8,12-13,15-16,25H2,1-2H3,(H,27,30)/b9-4-,26-22?/t20-/m0/s1. The smallest absolute Gasteiger partial charge is 0.318 e. The molecule has 6 nitrogen and oxygen atoms in total. The van der Waals surface area contributed by atoms with Crippen LogP contribution in [0.3, 0.4) is 0 Å². The number of urea groups is 1. The summed E-state index contributed by atoms with van der Waals surface area (Å²) >= 11 is 6.12. The van der Waals surface area contributed by atoms with Crippen molar-refractivity contribution in [2.75, 3.05) is 26.7 Å². The third-order valence-electron chi connectivity index (χ3n) is 6.11. The molecular weight excluding hydrogens is 398 g/mol. The monoisotopic (exact) mass is 431 g/mol. The topological polar surface area (TPSA) is 74.0 Å². The van der Waals surface area contributed by atoms with Gasteiger partial charge in [-0.25, -0.2) is 4.79 Å². The van der Waals surface area contributed by atoms with Crippen LogP contribution in [0.25, 0.3) is 0 Å². The van der Waals surface area contributed by atoms with Crippen LogP contribution in [-0.4, -0.2) is 60.4 Å². The van der Waals surface area contributed by atoms with Gasteiger partial charge in [-0.15, -0.1) is 0 Å². The summed E-state index contributed by atoms with van der Waals surface area (Å²) in [6.45, 7) is 4.76. The van der Waals surface area contributed by atoms with Gasteiger partial charge in [0.15, 0.2) is 0 Å². The molecule has 1 saturated heterocycles. The van der Waals surface area contributed by atoms with Gasteiger partial charge in [0.25, 0.3) is 0 Å². The summed E-state index contributed by atoms with van der Waals surface area (Å²) in [6.07, 6.45) is 9.36. The molecule has 0 unspecified atom stereocenters. The van der Waals surface area contributed by atoms with Gasteiger partial charge in [-0.1, -0.05) is 29.8 Å². The summed E-state index contributed by atoms with van der Waals surface area (Å²) in [5, 5.41) is 3.90. The number of nitrogens with one attached hydrogen (secondary N) is 1. The molecular formula is C23H34ClN5O. The Morgan fingerprint density at radius 2 is 2.10 bits per heavy atom. The SMILES string of the molecule is CN=C(/C=C\CN)N1CCC[C@H](N(C(=O)NCc2ccc(Cl)c(C)c2)C2CCC2)C1. The fourth-order valence-electron chi connectivity index (χ4n) is 4.27. The molecule has 1 heterocycles. The van der Waals surface area contributed by atoms with Crippen LogP contribution in [0.1, 0.15) is 43.2 Å². The van der Waals surface area contributed by atoms with Gasteiger partial charge >= 0.3 is 6.03 Å². The number of aryl methyl sites for hydroxylation is 1. The second kappa shape index (κ2) is 10.8. The first-order valence-electron chi connectivity index (χ1n) is 10.9. The number of nitrogens with two attached hydrogens (primary N) is 1. The van der Waals surface area contributed by atoms with Gasteiger partial charge in [-0.2, -0.15) is 0 Å². The maximum absolute atomic E-state index is 13.2. The number of carbonyl (C=O) groups excluding carboxylic acids is 1. The zero-order valence-electron chi connectivity index (χ0n) is 18.1. The minimum atomic E-state index is 0.0339. The van der Waals surface area contributed by atoms with Crippen molar-refractivity contribution in [1.29, 1.82) is 0 Å². The van der Waals surface area contributed by atoms with E-state index in [0.29, 0.717) is 19.1 Å². The lowest BCUT2D eigenvalue weighted by atomic mass is 9.89. The van der Waals surface area contributed by atoms with Gasteiger partial charge in [-0.3, -0.25) is 4.99 Å². The molecule has 1 aromatic carbocycles. The highest BCUT2D eigenvalue weighted by Gasteiger charge is 2.36. The number of halogens is 1. The van der Waals surface area contributed by atoms with Gasteiger partial charge in [0.1, 0.15) is 5.84 Å². The second-order valence-corrected chi connectivity index (χ2v) is 8.60. The Bertz CT molecular complexity index is 790. The first kappa shape index (κ1) is 22.6. The molecule has 2 amide bonds. The van der Waals surface area contributed by atoms with Gasteiger partial charge in [0, 0.05) is 44.3 Å².